The average Bonchev–Trinajstić information content (AvgIpc) is 3.56. The van der Waals surface area contributed by atoms with Crippen LogP contribution in [0.15, 0.2) is 46.2 Å². The van der Waals surface area contributed by atoms with Crippen LogP contribution in [0.25, 0.3) is 11.4 Å². The molecule has 1 aromatic carbocycles. The van der Waals surface area contributed by atoms with Gasteiger partial charge in [-0.3, -0.25) is 9.11 Å². The molecule has 2 fully saturated rings. The molecule has 0 radical (unpaired) electrons. The summed E-state index contributed by atoms with van der Waals surface area (Å²) in [5.41, 5.74) is 1.93. The van der Waals surface area contributed by atoms with Crippen LogP contribution in [0.3, 0.4) is 0 Å². The number of thiazole rings is 1. The van der Waals surface area contributed by atoms with Crippen LogP contribution in [0, 0.1) is 0 Å². The van der Waals surface area contributed by atoms with E-state index < -0.39 is 15.3 Å². The van der Waals surface area contributed by atoms with E-state index in [1.807, 2.05) is 18.2 Å². The number of aliphatic hydroxyl groups is 1. The predicted octanol–water partition coefficient (Wildman–Crippen LogP) is 4.13. The molecule has 0 unspecified atom stereocenters. The Kier molecular flexibility index (Phi) is 7.84. The van der Waals surface area contributed by atoms with Gasteiger partial charge in [0.15, 0.2) is 5.82 Å². The number of aliphatic hydroxyl groups excluding tert-OH is 1. The highest BCUT2D eigenvalue weighted by atomic mass is 32.3. The molecule has 5 rings (SSSR count). The normalized spacial score (nSPS) is 19.2. The van der Waals surface area contributed by atoms with Crippen LogP contribution < -0.4 is 15.5 Å². The Balaban J connectivity index is 1.48. The fourth-order valence-corrected chi connectivity index (χ4v) is 7.64. The molecule has 2 amide bonds. The van der Waals surface area contributed by atoms with Crippen molar-refractivity contribution in [3.63, 3.8) is 0 Å². The number of morpholine rings is 1. The van der Waals surface area contributed by atoms with Gasteiger partial charge in [0.1, 0.15) is 10.6 Å². The van der Waals surface area contributed by atoms with Gasteiger partial charge < -0.3 is 25.4 Å². The molecule has 0 spiro atoms. The molecule has 2 aromatic heterocycles. The van der Waals surface area contributed by atoms with Crippen LogP contribution in [0.1, 0.15) is 31.9 Å². The number of aromatic nitrogens is 3. The van der Waals surface area contributed by atoms with E-state index in [-0.39, 0.29) is 18.7 Å². The first-order valence-electron chi connectivity index (χ1n) is 12.5. The zero-order chi connectivity index (χ0) is 26.8. The molecule has 1 saturated carbocycles. The van der Waals surface area contributed by atoms with Crippen molar-refractivity contribution in [3.05, 3.63) is 47.6 Å². The number of rotatable bonds is 9. The van der Waals surface area contributed by atoms with Crippen molar-refractivity contribution in [2.75, 3.05) is 43.1 Å². The molecular formula is C25H32N6O5S2. The number of hydrogen-bond donors (Lipinski definition) is 5. The Hall–Kier alpha value is -2.81. The number of carbonyl (C=O) groups is 1. The third-order valence-electron chi connectivity index (χ3n) is 6.76. The predicted molar refractivity (Wildman–Crippen MR) is 148 cm³/mol. The van der Waals surface area contributed by atoms with Gasteiger partial charge in [-0.05, 0) is 50.5 Å². The lowest BCUT2D eigenvalue weighted by molar-refractivity contribution is 0.0985. The Morgan fingerprint density at radius 1 is 1.26 bits per heavy atom. The van der Waals surface area contributed by atoms with Gasteiger partial charge in [0.05, 0.1) is 24.9 Å². The standard InChI is InChI=1S/C25H32N6O5S2/c1-17-16-36-13-11-31(17)21-15-20(25(7-8-25)38(34,35)24-27-10-14-37-24)29-22(30-21)18-3-5-19(6-4-18)28-23(33)26-9-2-12-32/h3-6,10,14-15,17,32,34-35H,2,7-9,11-13,16H2,1H3,(H2,26,28,33)/t17-/m0/s1. The minimum atomic E-state index is -3.22. The van der Waals surface area contributed by atoms with Gasteiger partial charge >= 0.3 is 6.03 Å². The number of benzene rings is 1. The van der Waals surface area contributed by atoms with Crippen LogP contribution in [-0.2, 0) is 9.48 Å². The van der Waals surface area contributed by atoms with Gasteiger partial charge in [-0.2, -0.15) is 0 Å². The molecule has 3 heterocycles. The van der Waals surface area contributed by atoms with E-state index in [1.54, 1.807) is 23.7 Å². The van der Waals surface area contributed by atoms with Crippen LogP contribution >= 0.6 is 21.9 Å². The number of amides is 2. The molecule has 38 heavy (non-hydrogen) atoms. The molecule has 1 aliphatic carbocycles. The molecule has 1 saturated heterocycles. The average molecular weight is 561 g/mol. The second-order valence-corrected chi connectivity index (χ2v) is 12.8. The van der Waals surface area contributed by atoms with Gasteiger partial charge in [0.2, 0.25) is 4.34 Å². The second-order valence-electron chi connectivity index (χ2n) is 9.43. The minimum absolute atomic E-state index is 0.0135. The number of nitrogens with zero attached hydrogens (tertiary/aromatic N) is 4. The van der Waals surface area contributed by atoms with Gasteiger partial charge in [0.25, 0.3) is 0 Å². The van der Waals surface area contributed by atoms with Crippen LogP contribution in [0.2, 0.25) is 0 Å². The lowest BCUT2D eigenvalue weighted by Gasteiger charge is -2.39. The molecular weight excluding hydrogens is 528 g/mol. The van der Waals surface area contributed by atoms with Crippen LogP contribution in [0.5, 0.6) is 0 Å². The molecule has 5 N–H and O–H groups in total. The molecule has 0 bridgehead atoms. The number of anilines is 2. The topological polar surface area (TPSA) is 153 Å². The Bertz CT molecular complexity index is 1250. The number of urea groups is 1. The van der Waals surface area contributed by atoms with Crippen molar-refractivity contribution in [2.45, 2.75) is 41.3 Å². The number of ether oxygens (including phenoxy) is 1. The van der Waals surface area contributed by atoms with Crippen molar-refractivity contribution in [2.24, 2.45) is 0 Å². The quantitative estimate of drug-likeness (QED) is 0.243. The third kappa shape index (κ3) is 5.35. The zero-order valence-electron chi connectivity index (χ0n) is 21.0. The SMILES string of the molecule is C[C@H]1COCCN1c1cc(C2(S(O)(O)c3nccs3)CC2)nc(-c2ccc(NC(=O)NCCCO)cc2)n1. The second kappa shape index (κ2) is 11.1. The molecule has 1 atom stereocenters. The van der Waals surface area contributed by atoms with Crippen molar-refractivity contribution in [3.8, 4) is 11.4 Å². The molecule has 204 valence electrons. The Labute approximate surface area is 226 Å². The van der Waals surface area contributed by atoms with Gasteiger partial charge in [-0.1, -0.05) is 0 Å². The van der Waals surface area contributed by atoms with E-state index in [1.165, 1.54) is 11.3 Å². The van der Waals surface area contributed by atoms with Crippen molar-refractivity contribution >= 4 is 39.5 Å². The van der Waals surface area contributed by atoms with E-state index >= 15 is 0 Å². The first-order valence-corrected chi connectivity index (χ1v) is 14.9. The maximum absolute atomic E-state index is 12.1. The Morgan fingerprint density at radius 2 is 2.05 bits per heavy atom. The van der Waals surface area contributed by atoms with Crippen molar-refractivity contribution < 1.29 is 23.7 Å². The number of hydrogen-bond acceptors (Lipinski definition) is 10. The number of nitrogens with one attached hydrogen (secondary N) is 2. The smallest absolute Gasteiger partial charge is 0.319 e. The summed E-state index contributed by atoms with van der Waals surface area (Å²) < 4.78 is 27.8. The van der Waals surface area contributed by atoms with E-state index in [0.29, 0.717) is 72.9 Å². The summed E-state index contributed by atoms with van der Waals surface area (Å²) in [6.45, 7) is 4.29. The molecule has 1 aliphatic heterocycles. The fourth-order valence-electron chi connectivity index (χ4n) is 4.49. The highest BCUT2D eigenvalue weighted by molar-refractivity contribution is 8.26. The molecule has 11 nitrogen and oxygen atoms in total. The third-order valence-corrected chi connectivity index (χ3v) is 10.6. The molecule has 2 aliphatic rings. The van der Waals surface area contributed by atoms with Gasteiger partial charge in [-0.25, -0.2) is 19.7 Å². The van der Waals surface area contributed by atoms with E-state index in [4.69, 9.17) is 19.8 Å². The monoisotopic (exact) mass is 560 g/mol. The summed E-state index contributed by atoms with van der Waals surface area (Å²) in [5.74, 6) is 1.18. The largest absolute Gasteiger partial charge is 0.396 e. The highest BCUT2D eigenvalue weighted by Crippen LogP contribution is 2.75. The van der Waals surface area contributed by atoms with Gasteiger partial charge in [0, 0.05) is 48.6 Å². The fraction of sp³-hybridized carbons (Fsp3) is 0.440. The highest BCUT2D eigenvalue weighted by Gasteiger charge is 2.58. The van der Waals surface area contributed by atoms with Crippen molar-refractivity contribution in [1.29, 1.82) is 0 Å². The van der Waals surface area contributed by atoms with Crippen LogP contribution in [0.4, 0.5) is 16.3 Å². The summed E-state index contributed by atoms with van der Waals surface area (Å²) in [4.78, 5) is 28.2. The first-order chi connectivity index (χ1) is 18.3. The molecule has 3 aromatic rings. The van der Waals surface area contributed by atoms with E-state index in [2.05, 4.69) is 27.4 Å². The van der Waals surface area contributed by atoms with E-state index in [0.717, 1.165) is 5.56 Å². The minimum Gasteiger partial charge on any atom is -0.396 e. The summed E-state index contributed by atoms with van der Waals surface area (Å²) in [5, 5.41) is 16.1. The first kappa shape index (κ1) is 26.8. The molecule has 13 heteroatoms. The maximum Gasteiger partial charge on any atom is 0.319 e. The summed E-state index contributed by atoms with van der Waals surface area (Å²) in [6.07, 6.45) is 3.26. The number of carbonyl (C=O) groups excluding carboxylic acids is 1. The summed E-state index contributed by atoms with van der Waals surface area (Å²) in [7, 11) is -3.22. The van der Waals surface area contributed by atoms with Gasteiger partial charge in [-0.15, -0.1) is 21.9 Å². The van der Waals surface area contributed by atoms with Crippen LogP contribution in [-0.4, -0.2) is 74.1 Å². The lowest BCUT2D eigenvalue weighted by Crippen LogP contribution is -2.44. The maximum atomic E-state index is 12.1. The van der Waals surface area contributed by atoms with E-state index in [9.17, 15) is 13.9 Å². The summed E-state index contributed by atoms with van der Waals surface area (Å²) >= 11 is 1.24. The Morgan fingerprint density at radius 3 is 2.71 bits per heavy atom. The van der Waals surface area contributed by atoms with Crippen molar-refractivity contribution in [1.82, 2.24) is 20.3 Å². The lowest BCUT2D eigenvalue weighted by atomic mass is 10.1. The summed E-state index contributed by atoms with van der Waals surface area (Å²) in [6, 6.07) is 8.82. The zero-order valence-corrected chi connectivity index (χ0v) is 22.7.